The van der Waals surface area contributed by atoms with Gasteiger partial charge in [-0.15, -0.1) is 0 Å². The summed E-state index contributed by atoms with van der Waals surface area (Å²) >= 11 is 0. The molecule has 1 aliphatic heterocycles. The van der Waals surface area contributed by atoms with E-state index in [0.29, 0.717) is 12.5 Å². The Kier molecular flexibility index (Phi) is 7.01. The molecule has 0 aliphatic carbocycles. The van der Waals surface area contributed by atoms with Gasteiger partial charge in [0.1, 0.15) is 0 Å². The second-order valence-corrected chi connectivity index (χ2v) is 4.78. The molecule has 1 fully saturated rings. The third-order valence-electron chi connectivity index (χ3n) is 3.34. The Balaban J connectivity index is 2.11. The van der Waals surface area contributed by atoms with Crippen molar-refractivity contribution in [2.75, 3.05) is 13.2 Å². The Morgan fingerprint density at radius 1 is 1.38 bits per heavy atom. The van der Waals surface area contributed by atoms with Crippen molar-refractivity contribution in [3.8, 4) is 0 Å². The maximum Gasteiger partial charge on any atom is 0.157 e. The molecule has 0 spiro atoms. The van der Waals surface area contributed by atoms with Gasteiger partial charge in [0.25, 0.3) is 0 Å². The van der Waals surface area contributed by atoms with Crippen LogP contribution in [0.4, 0.5) is 0 Å². The molecule has 1 aliphatic rings. The number of ether oxygens (including phenoxy) is 2. The fourth-order valence-electron chi connectivity index (χ4n) is 2.04. The van der Waals surface area contributed by atoms with Gasteiger partial charge in [0.2, 0.25) is 0 Å². The Bertz CT molecular complexity index is 163. The summed E-state index contributed by atoms with van der Waals surface area (Å²) in [6, 6.07) is 0. The summed E-state index contributed by atoms with van der Waals surface area (Å²) in [5, 5.41) is 9.09. The van der Waals surface area contributed by atoms with E-state index in [1.165, 1.54) is 6.42 Å². The van der Waals surface area contributed by atoms with Gasteiger partial charge in [-0.1, -0.05) is 13.3 Å². The molecule has 0 aromatic carbocycles. The third-order valence-corrected chi connectivity index (χ3v) is 3.34. The van der Waals surface area contributed by atoms with E-state index in [-0.39, 0.29) is 12.4 Å². The van der Waals surface area contributed by atoms with E-state index < -0.39 is 0 Å². The first-order valence-corrected chi connectivity index (χ1v) is 6.64. The van der Waals surface area contributed by atoms with Crippen molar-refractivity contribution in [1.29, 1.82) is 0 Å². The largest absolute Gasteiger partial charge is 0.396 e. The normalized spacial score (nSPS) is 25.3. The molecule has 16 heavy (non-hydrogen) atoms. The van der Waals surface area contributed by atoms with Crippen molar-refractivity contribution in [3.05, 3.63) is 0 Å². The van der Waals surface area contributed by atoms with Crippen LogP contribution in [0.15, 0.2) is 0 Å². The third kappa shape index (κ3) is 5.28. The highest BCUT2D eigenvalue weighted by atomic mass is 16.7. The lowest BCUT2D eigenvalue weighted by Gasteiger charge is -2.26. The highest BCUT2D eigenvalue weighted by Crippen LogP contribution is 2.19. The minimum Gasteiger partial charge on any atom is -0.396 e. The van der Waals surface area contributed by atoms with Crippen LogP contribution < -0.4 is 0 Å². The van der Waals surface area contributed by atoms with Crippen LogP contribution in [0.1, 0.15) is 52.4 Å². The highest BCUT2D eigenvalue weighted by Gasteiger charge is 2.17. The molecular weight excluding hydrogens is 204 g/mol. The fourth-order valence-corrected chi connectivity index (χ4v) is 2.04. The molecule has 0 radical (unpaired) electrons. The van der Waals surface area contributed by atoms with E-state index in [1.54, 1.807) is 0 Å². The number of hydrogen-bond acceptors (Lipinski definition) is 3. The van der Waals surface area contributed by atoms with Crippen LogP contribution in [-0.2, 0) is 9.47 Å². The first-order chi connectivity index (χ1) is 7.76. The molecule has 1 saturated heterocycles. The lowest BCUT2D eigenvalue weighted by atomic mass is 10.00. The molecule has 0 aromatic heterocycles. The second-order valence-electron chi connectivity index (χ2n) is 4.78. The van der Waals surface area contributed by atoms with E-state index >= 15 is 0 Å². The van der Waals surface area contributed by atoms with E-state index in [1.807, 2.05) is 0 Å². The molecule has 3 heteroatoms. The maximum absolute atomic E-state index is 9.09. The average Bonchev–Trinajstić information content (AvgIpc) is 2.31. The zero-order valence-corrected chi connectivity index (χ0v) is 10.7. The van der Waals surface area contributed by atoms with Crippen molar-refractivity contribution in [2.24, 2.45) is 5.92 Å². The van der Waals surface area contributed by atoms with Gasteiger partial charge in [-0.2, -0.15) is 0 Å². The molecule has 0 aromatic rings. The zero-order valence-electron chi connectivity index (χ0n) is 10.7. The Morgan fingerprint density at radius 2 is 2.19 bits per heavy atom. The van der Waals surface area contributed by atoms with Crippen molar-refractivity contribution in [1.82, 2.24) is 0 Å². The molecular formula is C13H26O3. The summed E-state index contributed by atoms with van der Waals surface area (Å²) in [6.45, 7) is 5.35. The van der Waals surface area contributed by atoms with Gasteiger partial charge in [0, 0.05) is 13.2 Å². The van der Waals surface area contributed by atoms with Crippen LogP contribution in [0.2, 0.25) is 0 Å². The smallest absolute Gasteiger partial charge is 0.157 e. The highest BCUT2D eigenvalue weighted by molar-refractivity contribution is 4.61. The van der Waals surface area contributed by atoms with Gasteiger partial charge in [-0.05, 0) is 44.9 Å². The van der Waals surface area contributed by atoms with Crippen molar-refractivity contribution in [2.45, 2.75) is 64.8 Å². The molecule has 0 unspecified atom stereocenters. The first kappa shape index (κ1) is 13.9. The minimum absolute atomic E-state index is 0.0120. The average molecular weight is 230 g/mol. The van der Waals surface area contributed by atoms with E-state index in [0.717, 1.165) is 38.7 Å². The number of aliphatic hydroxyl groups excluding tert-OH is 1. The predicted molar refractivity (Wildman–Crippen MR) is 64.2 cm³/mol. The Labute approximate surface area is 99.1 Å². The predicted octanol–water partition coefficient (Wildman–Crippen LogP) is 2.72. The second kappa shape index (κ2) is 8.04. The van der Waals surface area contributed by atoms with Crippen LogP contribution in [0.3, 0.4) is 0 Å². The van der Waals surface area contributed by atoms with Gasteiger partial charge in [0.05, 0.1) is 6.10 Å². The zero-order chi connectivity index (χ0) is 11.8. The van der Waals surface area contributed by atoms with Crippen molar-refractivity contribution < 1.29 is 14.6 Å². The molecule has 0 saturated carbocycles. The van der Waals surface area contributed by atoms with Crippen LogP contribution in [0, 0.1) is 5.92 Å². The van der Waals surface area contributed by atoms with E-state index in [4.69, 9.17) is 14.6 Å². The number of hydrogen-bond donors (Lipinski definition) is 1. The Hall–Kier alpha value is -0.120. The van der Waals surface area contributed by atoms with Crippen LogP contribution in [0.25, 0.3) is 0 Å². The maximum atomic E-state index is 9.09. The van der Waals surface area contributed by atoms with Gasteiger partial charge in [-0.3, -0.25) is 0 Å². The van der Waals surface area contributed by atoms with E-state index in [9.17, 15) is 0 Å². The summed E-state index contributed by atoms with van der Waals surface area (Å²) in [5.74, 6) is 0.429. The summed E-state index contributed by atoms with van der Waals surface area (Å²) in [5.41, 5.74) is 0. The molecule has 1 heterocycles. The molecule has 1 rings (SSSR count). The quantitative estimate of drug-likeness (QED) is 0.731. The van der Waals surface area contributed by atoms with Crippen LogP contribution in [0.5, 0.6) is 0 Å². The minimum atomic E-state index is 0.0120. The Morgan fingerprint density at radius 3 is 2.75 bits per heavy atom. The first-order valence-electron chi connectivity index (χ1n) is 6.64. The summed E-state index contributed by atoms with van der Waals surface area (Å²) < 4.78 is 11.4. The molecule has 0 bridgehead atoms. The lowest BCUT2D eigenvalue weighted by molar-refractivity contribution is -0.186. The van der Waals surface area contributed by atoms with Crippen LogP contribution >= 0.6 is 0 Å². The van der Waals surface area contributed by atoms with Gasteiger partial charge in [-0.25, -0.2) is 0 Å². The summed E-state index contributed by atoms with van der Waals surface area (Å²) in [7, 11) is 0. The molecule has 0 amide bonds. The van der Waals surface area contributed by atoms with Gasteiger partial charge < -0.3 is 14.6 Å². The fraction of sp³-hybridized carbons (Fsp3) is 1.00. The lowest BCUT2D eigenvalue weighted by Crippen LogP contribution is -2.26. The summed E-state index contributed by atoms with van der Waals surface area (Å²) in [4.78, 5) is 0. The van der Waals surface area contributed by atoms with Gasteiger partial charge >= 0.3 is 0 Å². The molecule has 96 valence electrons. The topological polar surface area (TPSA) is 38.7 Å². The SMILES string of the molecule is CC[C@H](CO)CC[C@@H](C)O[C@@H]1CCCCO1. The monoisotopic (exact) mass is 230 g/mol. The summed E-state index contributed by atoms with van der Waals surface area (Å²) in [6.07, 6.45) is 6.76. The molecule has 1 N–H and O–H groups in total. The molecule has 3 nitrogen and oxygen atoms in total. The van der Waals surface area contributed by atoms with Crippen molar-refractivity contribution in [3.63, 3.8) is 0 Å². The number of aliphatic hydroxyl groups is 1. The standard InChI is InChI=1S/C13H26O3/c1-3-12(10-14)8-7-11(2)16-13-6-4-5-9-15-13/h11-14H,3-10H2,1-2H3/t11-,12+,13-/m1/s1. The van der Waals surface area contributed by atoms with Crippen molar-refractivity contribution >= 4 is 0 Å². The van der Waals surface area contributed by atoms with E-state index in [2.05, 4.69) is 13.8 Å². The van der Waals surface area contributed by atoms with Crippen LogP contribution in [-0.4, -0.2) is 30.7 Å². The van der Waals surface area contributed by atoms with Gasteiger partial charge in [0.15, 0.2) is 6.29 Å². The molecule has 3 atom stereocenters. The number of rotatable bonds is 7.